The van der Waals surface area contributed by atoms with Gasteiger partial charge in [-0.25, -0.2) is 0 Å². The fourth-order valence-corrected chi connectivity index (χ4v) is 2.36. The first-order chi connectivity index (χ1) is 9.70. The van der Waals surface area contributed by atoms with Gasteiger partial charge in [-0.15, -0.1) is 24.0 Å². The molecule has 1 fully saturated rings. The predicted octanol–water partition coefficient (Wildman–Crippen LogP) is 3.56. The predicted molar refractivity (Wildman–Crippen MR) is 102 cm³/mol. The highest BCUT2D eigenvalue weighted by molar-refractivity contribution is 14.0. The third kappa shape index (κ3) is 9.55. The summed E-state index contributed by atoms with van der Waals surface area (Å²) in [7, 11) is 1.83. The van der Waals surface area contributed by atoms with Crippen molar-refractivity contribution in [2.45, 2.75) is 58.8 Å². The molecule has 4 nitrogen and oxygen atoms in total. The van der Waals surface area contributed by atoms with Crippen LogP contribution in [0.15, 0.2) is 4.99 Å². The summed E-state index contributed by atoms with van der Waals surface area (Å²) in [6.45, 7) is 8.17. The number of hydrogen-bond donors (Lipinski definition) is 2. The maximum Gasteiger partial charge on any atom is 0.190 e. The fourth-order valence-electron chi connectivity index (χ4n) is 2.36. The Morgan fingerprint density at radius 3 is 2.19 bits per heavy atom. The van der Waals surface area contributed by atoms with Crippen molar-refractivity contribution in [1.29, 1.82) is 0 Å². The first-order valence-corrected chi connectivity index (χ1v) is 8.22. The molecule has 1 aliphatic heterocycles. The van der Waals surface area contributed by atoms with Gasteiger partial charge in [-0.2, -0.15) is 0 Å². The molecule has 0 aromatic carbocycles. The second-order valence-corrected chi connectivity index (χ2v) is 6.28. The van der Waals surface area contributed by atoms with E-state index in [9.17, 15) is 0 Å². The minimum Gasteiger partial charge on any atom is -0.380 e. The van der Waals surface area contributed by atoms with E-state index in [-0.39, 0.29) is 29.4 Å². The molecule has 1 heterocycles. The fraction of sp³-hybridized carbons (Fsp3) is 0.938. The van der Waals surface area contributed by atoms with Crippen LogP contribution in [0.3, 0.4) is 0 Å². The van der Waals surface area contributed by atoms with Gasteiger partial charge in [0.05, 0.1) is 13.2 Å². The summed E-state index contributed by atoms with van der Waals surface area (Å²) in [5.41, 5.74) is 0.289. The van der Waals surface area contributed by atoms with Crippen LogP contribution in [0.25, 0.3) is 0 Å². The van der Waals surface area contributed by atoms with Crippen molar-refractivity contribution in [1.82, 2.24) is 10.6 Å². The van der Waals surface area contributed by atoms with Crippen molar-refractivity contribution in [2.75, 3.05) is 33.4 Å². The zero-order valence-electron chi connectivity index (χ0n) is 14.0. The first kappa shape index (κ1) is 21.0. The summed E-state index contributed by atoms with van der Waals surface area (Å²) in [5.74, 6) is 0.920. The molecule has 0 saturated carbocycles. The molecule has 0 aliphatic carbocycles. The topological polar surface area (TPSA) is 45.7 Å². The highest BCUT2D eigenvalue weighted by Crippen LogP contribution is 2.24. The summed E-state index contributed by atoms with van der Waals surface area (Å²) < 4.78 is 5.26. The summed E-state index contributed by atoms with van der Waals surface area (Å²) in [5, 5.41) is 6.78. The van der Waals surface area contributed by atoms with Crippen LogP contribution in [0.2, 0.25) is 0 Å². The maximum atomic E-state index is 5.26. The molecular weight excluding hydrogens is 377 g/mol. The summed E-state index contributed by atoms with van der Waals surface area (Å²) in [6, 6.07) is 0. The monoisotopic (exact) mass is 411 g/mol. The lowest BCUT2D eigenvalue weighted by Crippen LogP contribution is -2.51. The number of guanidine groups is 1. The Bertz CT molecular complexity index is 281. The van der Waals surface area contributed by atoms with E-state index >= 15 is 0 Å². The smallest absolute Gasteiger partial charge is 0.190 e. The Kier molecular flexibility index (Phi) is 12.5. The molecule has 126 valence electrons. The van der Waals surface area contributed by atoms with Crippen molar-refractivity contribution < 1.29 is 4.74 Å². The lowest BCUT2D eigenvalue weighted by Gasteiger charge is -2.38. The van der Waals surface area contributed by atoms with Crippen LogP contribution in [0.4, 0.5) is 0 Å². The van der Waals surface area contributed by atoms with Crippen LogP contribution in [0, 0.1) is 5.41 Å². The first-order valence-electron chi connectivity index (χ1n) is 8.22. The van der Waals surface area contributed by atoms with Crippen molar-refractivity contribution >= 4 is 29.9 Å². The molecule has 0 radical (unpaired) electrons. The van der Waals surface area contributed by atoms with Gasteiger partial charge >= 0.3 is 0 Å². The number of nitrogens with one attached hydrogen (secondary N) is 2. The SMILES string of the molecule is CCCCCCCCCNC(=NC)NCC1(C)COC1.I. The van der Waals surface area contributed by atoms with Crippen LogP contribution >= 0.6 is 24.0 Å². The van der Waals surface area contributed by atoms with Gasteiger partial charge in [0.1, 0.15) is 0 Å². The molecule has 21 heavy (non-hydrogen) atoms. The molecular formula is C16H34IN3O. The quantitative estimate of drug-likeness (QED) is 0.250. The van der Waals surface area contributed by atoms with E-state index in [1.54, 1.807) is 0 Å². The number of hydrogen-bond acceptors (Lipinski definition) is 2. The van der Waals surface area contributed by atoms with Crippen LogP contribution in [0.5, 0.6) is 0 Å². The van der Waals surface area contributed by atoms with Gasteiger partial charge in [-0.05, 0) is 6.42 Å². The number of nitrogens with zero attached hydrogens (tertiary/aromatic N) is 1. The minimum atomic E-state index is 0. The molecule has 0 amide bonds. The highest BCUT2D eigenvalue weighted by atomic mass is 127. The van der Waals surface area contributed by atoms with Crippen molar-refractivity contribution in [3.8, 4) is 0 Å². The molecule has 0 bridgehead atoms. The molecule has 1 saturated heterocycles. The van der Waals surface area contributed by atoms with E-state index in [1.807, 2.05) is 7.05 Å². The number of halogens is 1. The van der Waals surface area contributed by atoms with Crippen molar-refractivity contribution in [3.63, 3.8) is 0 Å². The number of rotatable bonds is 10. The Morgan fingerprint density at radius 2 is 1.67 bits per heavy atom. The minimum absolute atomic E-state index is 0. The van der Waals surface area contributed by atoms with E-state index in [0.29, 0.717) is 0 Å². The van der Waals surface area contributed by atoms with E-state index < -0.39 is 0 Å². The van der Waals surface area contributed by atoms with Gasteiger partial charge < -0.3 is 15.4 Å². The van der Waals surface area contributed by atoms with Crippen LogP contribution in [0.1, 0.15) is 58.8 Å². The Labute approximate surface area is 147 Å². The van der Waals surface area contributed by atoms with Gasteiger partial charge in [0.15, 0.2) is 5.96 Å². The normalized spacial score (nSPS) is 16.8. The zero-order valence-corrected chi connectivity index (χ0v) is 16.4. The summed E-state index contributed by atoms with van der Waals surface area (Å²) in [4.78, 5) is 4.26. The number of ether oxygens (including phenoxy) is 1. The molecule has 0 atom stereocenters. The van der Waals surface area contributed by atoms with E-state index in [4.69, 9.17) is 4.74 Å². The third-order valence-electron chi connectivity index (χ3n) is 3.88. The van der Waals surface area contributed by atoms with Crippen LogP contribution in [-0.4, -0.2) is 39.3 Å². The molecule has 0 aromatic rings. The highest BCUT2D eigenvalue weighted by Gasteiger charge is 2.33. The molecule has 0 aromatic heterocycles. The van der Waals surface area contributed by atoms with Gasteiger partial charge in [-0.1, -0.05) is 52.4 Å². The Balaban J connectivity index is 0.00000400. The van der Waals surface area contributed by atoms with Crippen molar-refractivity contribution in [3.05, 3.63) is 0 Å². The molecule has 2 N–H and O–H groups in total. The largest absolute Gasteiger partial charge is 0.380 e. The third-order valence-corrected chi connectivity index (χ3v) is 3.88. The van der Waals surface area contributed by atoms with E-state index in [1.165, 1.54) is 44.9 Å². The van der Waals surface area contributed by atoms with Gasteiger partial charge in [0.2, 0.25) is 0 Å². The van der Waals surface area contributed by atoms with Crippen molar-refractivity contribution in [2.24, 2.45) is 10.4 Å². The van der Waals surface area contributed by atoms with Gasteiger partial charge in [0, 0.05) is 25.6 Å². The zero-order chi connectivity index (χ0) is 14.7. The van der Waals surface area contributed by atoms with Gasteiger partial charge in [0.25, 0.3) is 0 Å². The molecule has 1 rings (SSSR count). The molecule has 1 aliphatic rings. The summed E-state index contributed by atoms with van der Waals surface area (Å²) in [6.07, 6.45) is 9.41. The number of unbranched alkanes of at least 4 members (excludes halogenated alkanes) is 6. The van der Waals surface area contributed by atoms with Crippen LogP contribution < -0.4 is 10.6 Å². The molecule has 0 spiro atoms. The second kappa shape index (κ2) is 12.5. The second-order valence-electron chi connectivity index (χ2n) is 6.28. The Morgan fingerprint density at radius 1 is 1.05 bits per heavy atom. The average Bonchev–Trinajstić information content (AvgIpc) is 2.43. The average molecular weight is 411 g/mol. The lowest BCUT2D eigenvalue weighted by atomic mass is 9.89. The van der Waals surface area contributed by atoms with E-state index in [0.717, 1.165) is 32.3 Å². The standard InChI is InChI=1S/C16H33N3O.HI/c1-4-5-6-7-8-9-10-11-18-15(17-3)19-12-16(2)13-20-14-16;/h4-14H2,1-3H3,(H2,17,18,19);1H. The van der Waals surface area contributed by atoms with Gasteiger partial charge in [-0.3, -0.25) is 4.99 Å². The lowest BCUT2D eigenvalue weighted by molar-refractivity contribution is -0.0971. The molecule has 5 heteroatoms. The number of aliphatic imine (C=N–C) groups is 1. The van der Waals surface area contributed by atoms with E-state index in [2.05, 4.69) is 29.5 Å². The molecule has 0 unspecified atom stereocenters. The Hall–Kier alpha value is -0.0400. The maximum absolute atomic E-state index is 5.26. The summed E-state index contributed by atoms with van der Waals surface area (Å²) >= 11 is 0. The van der Waals surface area contributed by atoms with Crippen LogP contribution in [-0.2, 0) is 4.74 Å².